The van der Waals surface area contributed by atoms with Crippen molar-refractivity contribution in [3.63, 3.8) is 0 Å². The van der Waals surface area contributed by atoms with E-state index in [-0.39, 0.29) is 43.0 Å². The predicted octanol–water partition coefficient (Wildman–Crippen LogP) is 0.0266. The molecule has 3 atom stereocenters. The van der Waals surface area contributed by atoms with Crippen molar-refractivity contribution < 1.29 is 19.5 Å². The zero-order valence-electron chi connectivity index (χ0n) is 16.1. The number of fused-ring (bicyclic) bond motifs is 1. The zero-order valence-corrected chi connectivity index (χ0v) is 16.1. The second-order valence-electron chi connectivity index (χ2n) is 7.46. The molecule has 0 radical (unpaired) electrons. The number of aliphatic hydroxyl groups is 1. The minimum Gasteiger partial charge on any atom is -0.393 e. The fraction of sp³-hybridized carbons (Fsp3) is 0.737. The van der Waals surface area contributed by atoms with E-state index in [0.29, 0.717) is 31.4 Å². The number of nitrogens with zero attached hydrogens (tertiary/aromatic N) is 1. The molecule has 2 aliphatic heterocycles. The van der Waals surface area contributed by atoms with E-state index in [0.717, 1.165) is 25.8 Å². The minimum absolute atomic E-state index is 0.129. The summed E-state index contributed by atoms with van der Waals surface area (Å²) in [5.74, 6) is -0.798. The van der Waals surface area contributed by atoms with E-state index in [1.165, 1.54) is 0 Å². The Morgan fingerprint density at radius 1 is 1.15 bits per heavy atom. The van der Waals surface area contributed by atoms with E-state index in [1.54, 1.807) is 6.92 Å². The molecule has 0 saturated carbocycles. The molecule has 0 aliphatic carbocycles. The first-order chi connectivity index (χ1) is 12.9. The number of hydrogen-bond donors (Lipinski definition) is 4. The fourth-order valence-electron chi connectivity index (χ4n) is 3.56. The summed E-state index contributed by atoms with van der Waals surface area (Å²) >= 11 is 0. The Kier molecular flexibility index (Phi) is 8.09. The first-order valence-electron chi connectivity index (χ1n) is 9.85. The highest BCUT2D eigenvalue weighted by atomic mass is 16.3. The summed E-state index contributed by atoms with van der Waals surface area (Å²) in [5.41, 5.74) is 0.712. The summed E-state index contributed by atoms with van der Waals surface area (Å²) < 4.78 is 0. The van der Waals surface area contributed by atoms with Crippen LogP contribution in [0.2, 0.25) is 0 Å². The lowest BCUT2D eigenvalue weighted by Crippen LogP contribution is -2.56. The van der Waals surface area contributed by atoms with Crippen LogP contribution in [0, 0.1) is 0 Å². The molecule has 2 saturated heterocycles. The monoisotopic (exact) mass is 380 g/mol. The molecule has 0 bridgehead atoms. The molecule has 2 heterocycles. The number of carbonyl (C=O) groups is 3. The van der Waals surface area contributed by atoms with E-state index >= 15 is 0 Å². The van der Waals surface area contributed by atoms with E-state index in [2.05, 4.69) is 22.5 Å². The second-order valence-corrected chi connectivity index (χ2v) is 7.46. The third kappa shape index (κ3) is 6.53. The van der Waals surface area contributed by atoms with Crippen LogP contribution in [0.4, 0.5) is 0 Å². The molecule has 0 aromatic heterocycles. The van der Waals surface area contributed by atoms with Crippen molar-refractivity contribution in [3.8, 4) is 0 Å². The minimum atomic E-state index is -0.684. The molecule has 0 aromatic carbocycles. The van der Waals surface area contributed by atoms with Crippen LogP contribution in [0.1, 0.15) is 51.9 Å². The third-order valence-electron chi connectivity index (χ3n) is 5.12. The Balaban J connectivity index is 2.09. The first-order valence-corrected chi connectivity index (χ1v) is 9.85. The van der Waals surface area contributed by atoms with E-state index < -0.39 is 6.04 Å². The van der Waals surface area contributed by atoms with Crippen LogP contribution in [0.15, 0.2) is 12.3 Å². The number of amides is 3. The summed E-state index contributed by atoms with van der Waals surface area (Å²) in [6.45, 7) is 6.61. The molecule has 3 amide bonds. The Hall–Kier alpha value is -2.09. The molecule has 0 aromatic rings. The van der Waals surface area contributed by atoms with Gasteiger partial charge in [-0.05, 0) is 39.0 Å². The van der Waals surface area contributed by atoms with Gasteiger partial charge in [-0.15, -0.1) is 0 Å². The molecule has 2 rings (SSSR count). The summed E-state index contributed by atoms with van der Waals surface area (Å²) in [4.78, 5) is 39.3. The van der Waals surface area contributed by atoms with Gasteiger partial charge in [0.25, 0.3) is 0 Å². The third-order valence-corrected chi connectivity index (χ3v) is 5.12. The molecule has 2 unspecified atom stereocenters. The van der Waals surface area contributed by atoms with Gasteiger partial charge in [0.1, 0.15) is 12.1 Å². The average molecular weight is 380 g/mol. The van der Waals surface area contributed by atoms with Gasteiger partial charge < -0.3 is 26.0 Å². The lowest BCUT2D eigenvalue weighted by atomic mass is 9.99. The second kappa shape index (κ2) is 10.3. The number of hydrogen-bond acceptors (Lipinski definition) is 5. The predicted molar refractivity (Wildman–Crippen MR) is 102 cm³/mol. The molecular weight excluding hydrogens is 348 g/mol. The van der Waals surface area contributed by atoms with Crippen LogP contribution in [0.25, 0.3) is 0 Å². The SMILES string of the molecule is C=C1CNC(=O)CNC(=O)[C@H](CCCCC(C)O)NC(=O)C2CCCCN12. The van der Waals surface area contributed by atoms with Crippen molar-refractivity contribution >= 4 is 17.7 Å². The van der Waals surface area contributed by atoms with Gasteiger partial charge in [0.2, 0.25) is 17.7 Å². The number of unbranched alkanes of at least 4 members (excludes halogenated alkanes) is 1. The van der Waals surface area contributed by atoms with Crippen molar-refractivity contribution in [3.05, 3.63) is 12.3 Å². The van der Waals surface area contributed by atoms with Crippen LogP contribution in [-0.2, 0) is 14.4 Å². The number of nitrogens with one attached hydrogen (secondary N) is 3. The van der Waals surface area contributed by atoms with Gasteiger partial charge in [0.05, 0.1) is 19.2 Å². The molecule has 2 fully saturated rings. The van der Waals surface area contributed by atoms with Crippen LogP contribution in [-0.4, -0.2) is 65.5 Å². The van der Waals surface area contributed by atoms with Gasteiger partial charge in [0.15, 0.2) is 0 Å². The molecular formula is C19H32N4O4. The van der Waals surface area contributed by atoms with Crippen molar-refractivity contribution in [2.75, 3.05) is 19.6 Å². The van der Waals surface area contributed by atoms with Crippen LogP contribution < -0.4 is 16.0 Å². The highest BCUT2D eigenvalue weighted by molar-refractivity contribution is 5.92. The Labute approximate surface area is 160 Å². The maximum Gasteiger partial charge on any atom is 0.243 e. The molecule has 27 heavy (non-hydrogen) atoms. The summed E-state index contributed by atoms with van der Waals surface area (Å²) in [5, 5.41) is 17.6. The van der Waals surface area contributed by atoms with Crippen LogP contribution in [0.5, 0.6) is 0 Å². The quantitative estimate of drug-likeness (QED) is 0.503. The Morgan fingerprint density at radius 2 is 1.93 bits per heavy atom. The number of rotatable bonds is 5. The van der Waals surface area contributed by atoms with Crippen molar-refractivity contribution in [1.82, 2.24) is 20.9 Å². The van der Waals surface area contributed by atoms with E-state index in [9.17, 15) is 19.5 Å². The molecule has 152 valence electrons. The Bertz CT molecular complexity index is 564. The molecule has 8 heteroatoms. The maximum absolute atomic E-state index is 12.9. The zero-order chi connectivity index (χ0) is 19.8. The molecule has 8 nitrogen and oxygen atoms in total. The normalized spacial score (nSPS) is 26.1. The lowest BCUT2D eigenvalue weighted by Gasteiger charge is -2.38. The topological polar surface area (TPSA) is 111 Å². The number of piperidine rings is 1. The smallest absolute Gasteiger partial charge is 0.243 e. The maximum atomic E-state index is 12.9. The van der Waals surface area contributed by atoms with Crippen LogP contribution >= 0.6 is 0 Å². The van der Waals surface area contributed by atoms with Gasteiger partial charge >= 0.3 is 0 Å². The number of aliphatic hydroxyl groups excluding tert-OH is 1. The van der Waals surface area contributed by atoms with Crippen molar-refractivity contribution in [2.24, 2.45) is 0 Å². The lowest BCUT2D eigenvalue weighted by molar-refractivity contribution is -0.133. The standard InChI is InChI=1S/C19H32N4O4/c1-13-11-20-17(25)12-21-18(26)15(8-4-3-7-14(2)24)22-19(27)16-9-5-6-10-23(13)16/h14-16,24H,1,3-12H2,2H3,(H,20,25)(H,21,26)(H,22,27)/t14?,15-,16?/m0/s1. The van der Waals surface area contributed by atoms with Gasteiger partial charge in [-0.3, -0.25) is 14.4 Å². The van der Waals surface area contributed by atoms with Gasteiger partial charge in [-0.2, -0.15) is 0 Å². The first kappa shape index (κ1) is 21.2. The largest absolute Gasteiger partial charge is 0.393 e. The van der Waals surface area contributed by atoms with Crippen molar-refractivity contribution in [1.29, 1.82) is 0 Å². The molecule has 4 N–H and O–H groups in total. The summed E-state index contributed by atoms with van der Waals surface area (Å²) in [6, 6.07) is -1.05. The Morgan fingerprint density at radius 3 is 2.67 bits per heavy atom. The van der Waals surface area contributed by atoms with E-state index in [4.69, 9.17) is 0 Å². The summed E-state index contributed by atoms with van der Waals surface area (Å²) in [7, 11) is 0. The summed E-state index contributed by atoms with van der Waals surface area (Å²) in [6.07, 6.45) is 4.84. The number of carbonyl (C=O) groups excluding carboxylic acids is 3. The van der Waals surface area contributed by atoms with Crippen molar-refractivity contribution in [2.45, 2.75) is 70.1 Å². The van der Waals surface area contributed by atoms with Gasteiger partial charge in [-0.25, -0.2) is 0 Å². The highest BCUT2D eigenvalue weighted by Crippen LogP contribution is 2.21. The van der Waals surface area contributed by atoms with Gasteiger partial charge in [-0.1, -0.05) is 19.4 Å². The van der Waals surface area contributed by atoms with Crippen LogP contribution in [0.3, 0.4) is 0 Å². The molecule has 0 spiro atoms. The van der Waals surface area contributed by atoms with Gasteiger partial charge in [0, 0.05) is 12.2 Å². The highest BCUT2D eigenvalue weighted by Gasteiger charge is 2.32. The van der Waals surface area contributed by atoms with E-state index in [1.807, 2.05) is 4.90 Å². The fourth-order valence-corrected chi connectivity index (χ4v) is 3.56. The molecule has 2 aliphatic rings. The average Bonchev–Trinajstić information content (AvgIpc) is 2.65.